The lowest BCUT2D eigenvalue weighted by atomic mass is 10.1. The van der Waals surface area contributed by atoms with Crippen LogP contribution in [0, 0.1) is 11.3 Å². The van der Waals surface area contributed by atoms with E-state index in [0.717, 1.165) is 5.56 Å². The number of carbonyl (C=O) groups is 1. The third-order valence-corrected chi connectivity index (χ3v) is 3.88. The van der Waals surface area contributed by atoms with Gasteiger partial charge in [0.1, 0.15) is 11.6 Å². The highest BCUT2D eigenvalue weighted by Crippen LogP contribution is 2.25. The second-order valence-corrected chi connectivity index (χ2v) is 5.89. The second kappa shape index (κ2) is 8.39. The molecule has 1 atom stereocenters. The van der Waals surface area contributed by atoms with Crippen molar-refractivity contribution in [2.45, 2.75) is 13.0 Å². The lowest BCUT2D eigenvalue weighted by Crippen LogP contribution is -2.28. The number of nitrogens with zero attached hydrogens (tertiary/aromatic N) is 1. The minimum atomic E-state index is -0.473. The van der Waals surface area contributed by atoms with E-state index < -0.39 is 5.91 Å². The molecule has 0 fully saturated rings. The number of amides is 1. The van der Waals surface area contributed by atoms with Crippen LogP contribution in [0.4, 0.5) is 5.69 Å². The Morgan fingerprint density at radius 2 is 1.92 bits per heavy atom. The zero-order valence-corrected chi connectivity index (χ0v) is 14.4. The Kier molecular flexibility index (Phi) is 6.25. The van der Waals surface area contributed by atoms with Crippen molar-refractivity contribution in [1.82, 2.24) is 5.32 Å². The summed E-state index contributed by atoms with van der Waals surface area (Å²) in [5.74, 6) is -0.473. The third kappa shape index (κ3) is 4.76. The van der Waals surface area contributed by atoms with Crippen LogP contribution < -0.4 is 10.6 Å². The highest BCUT2D eigenvalue weighted by molar-refractivity contribution is 6.35. The summed E-state index contributed by atoms with van der Waals surface area (Å²) in [5.41, 5.74) is 1.41. The van der Waals surface area contributed by atoms with E-state index in [1.54, 1.807) is 18.2 Å². The zero-order valence-electron chi connectivity index (χ0n) is 12.9. The molecular formula is C18H15Cl2N3O. The van der Waals surface area contributed by atoms with Crippen molar-refractivity contribution in [3.8, 4) is 6.07 Å². The Morgan fingerprint density at radius 1 is 1.21 bits per heavy atom. The van der Waals surface area contributed by atoms with Gasteiger partial charge in [0.05, 0.1) is 16.8 Å². The zero-order chi connectivity index (χ0) is 17.5. The first-order valence-electron chi connectivity index (χ1n) is 7.19. The molecule has 24 heavy (non-hydrogen) atoms. The number of hydrogen-bond acceptors (Lipinski definition) is 3. The standard InChI is InChI=1S/C18H15Cl2N3O/c1-12(13-5-3-2-4-6-13)23-18(24)14(10-21)11-22-17-9-15(19)7-8-16(17)20/h2-9,11-12,22H,1H3,(H,23,24)/b14-11-. The molecule has 0 aliphatic carbocycles. The quantitative estimate of drug-likeness (QED) is 0.601. The molecule has 0 spiro atoms. The summed E-state index contributed by atoms with van der Waals surface area (Å²) < 4.78 is 0. The molecule has 2 N–H and O–H groups in total. The first kappa shape index (κ1) is 17.9. The molecule has 0 saturated carbocycles. The first-order valence-corrected chi connectivity index (χ1v) is 7.94. The lowest BCUT2D eigenvalue weighted by molar-refractivity contribution is -0.117. The largest absolute Gasteiger partial charge is 0.359 e. The van der Waals surface area contributed by atoms with Gasteiger partial charge in [-0.15, -0.1) is 0 Å². The molecule has 6 heteroatoms. The second-order valence-electron chi connectivity index (χ2n) is 5.04. The summed E-state index contributed by atoms with van der Waals surface area (Å²) in [6, 6.07) is 16.0. The van der Waals surface area contributed by atoms with Crippen LogP contribution in [-0.2, 0) is 4.79 Å². The molecule has 0 saturated heterocycles. The minimum absolute atomic E-state index is 0.0613. The minimum Gasteiger partial charge on any atom is -0.359 e. The van der Waals surface area contributed by atoms with Gasteiger partial charge in [-0.25, -0.2) is 0 Å². The molecule has 2 rings (SSSR count). The van der Waals surface area contributed by atoms with Gasteiger partial charge in [0.2, 0.25) is 0 Å². The summed E-state index contributed by atoms with van der Waals surface area (Å²) in [5, 5.41) is 15.8. The number of anilines is 1. The van der Waals surface area contributed by atoms with Crippen LogP contribution >= 0.6 is 23.2 Å². The average Bonchev–Trinajstić information content (AvgIpc) is 2.59. The Labute approximate surface area is 150 Å². The van der Waals surface area contributed by atoms with Crippen molar-refractivity contribution >= 4 is 34.8 Å². The summed E-state index contributed by atoms with van der Waals surface area (Å²) in [7, 11) is 0. The van der Waals surface area contributed by atoms with Gasteiger partial charge >= 0.3 is 0 Å². The number of nitriles is 1. The van der Waals surface area contributed by atoms with Crippen molar-refractivity contribution in [3.05, 3.63) is 75.9 Å². The number of nitrogens with one attached hydrogen (secondary N) is 2. The number of rotatable bonds is 5. The van der Waals surface area contributed by atoms with E-state index in [0.29, 0.717) is 15.7 Å². The molecule has 1 unspecified atom stereocenters. The lowest BCUT2D eigenvalue weighted by Gasteiger charge is -2.14. The van der Waals surface area contributed by atoms with Crippen molar-refractivity contribution in [1.29, 1.82) is 5.26 Å². The topological polar surface area (TPSA) is 64.9 Å². The third-order valence-electron chi connectivity index (χ3n) is 3.31. The molecule has 0 radical (unpaired) electrons. The van der Waals surface area contributed by atoms with Gasteiger partial charge in [-0.2, -0.15) is 5.26 Å². The molecule has 4 nitrogen and oxygen atoms in total. The van der Waals surface area contributed by atoms with Crippen LogP contribution in [0.3, 0.4) is 0 Å². The molecule has 0 aromatic heterocycles. The summed E-state index contributed by atoms with van der Waals surface area (Å²) >= 11 is 11.9. The molecule has 2 aromatic rings. The van der Waals surface area contributed by atoms with E-state index in [2.05, 4.69) is 10.6 Å². The molecule has 1 amide bonds. The van der Waals surface area contributed by atoms with E-state index in [1.165, 1.54) is 6.20 Å². The number of hydrogen-bond donors (Lipinski definition) is 2. The monoisotopic (exact) mass is 359 g/mol. The molecule has 0 heterocycles. The number of halogens is 2. The van der Waals surface area contributed by atoms with Crippen molar-refractivity contribution < 1.29 is 4.79 Å². The van der Waals surface area contributed by atoms with E-state index in [9.17, 15) is 10.1 Å². The fourth-order valence-electron chi connectivity index (χ4n) is 2.01. The Bertz CT molecular complexity index is 798. The highest BCUT2D eigenvalue weighted by atomic mass is 35.5. The van der Waals surface area contributed by atoms with Gasteiger partial charge in [0, 0.05) is 11.2 Å². The van der Waals surface area contributed by atoms with Crippen molar-refractivity contribution in [2.75, 3.05) is 5.32 Å². The van der Waals surface area contributed by atoms with Crippen LogP contribution in [0.25, 0.3) is 0 Å². The van der Waals surface area contributed by atoms with Gasteiger partial charge < -0.3 is 10.6 Å². The molecule has 0 aliphatic heterocycles. The maximum Gasteiger partial charge on any atom is 0.263 e. The average molecular weight is 360 g/mol. The van der Waals surface area contributed by atoms with Crippen LogP contribution in [0.2, 0.25) is 10.0 Å². The Hall–Kier alpha value is -2.48. The van der Waals surface area contributed by atoms with E-state index in [1.807, 2.05) is 43.3 Å². The maximum absolute atomic E-state index is 12.2. The fourth-order valence-corrected chi connectivity index (χ4v) is 2.35. The van der Waals surface area contributed by atoms with Gasteiger partial charge in [0.15, 0.2) is 0 Å². The normalized spacial score (nSPS) is 12.2. The van der Waals surface area contributed by atoms with Gasteiger partial charge in [-0.05, 0) is 30.7 Å². The molecule has 0 aliphatic rings. The molecule has 0 bridgehead atoms. The fraction of sp³-hybridized carbons (Fsp3) is 0.111. The van der Waals surface area contributed by atoms with Crippen LogP contribution in [-0.4, -0.2) is 5.91 Å². The number of benzene rings is 2. The molecule has 2 aromatic carbocycles. The van der Waals surface area contributed by atoms with Crippen LogP contribution in [0.1, 0.15) is 18.5 Å². The Balaban J connectivity index is 2.08. The van der Waals surface area contributed by atoms with E-state index in [-0.39, 0.29) is 11.6 Å². The predicted octanol–water partition coefficient (Wildman–Crippen LogP) is 4.69. The molecular weight excluding hydrogens is 345 g/mol. The van der Waals surface area contributed by atoms with Crippen LogP contribution in [0.5, 0.6) is 0 Å². The summed E-state index contributed by atoms with van der Waals surface area (Å²) in [6.07, 6.45) is 1.31. The van der Waals surface area contributed by atoms with E-state index in [4.69, 9.17) is 23.2 Å². The van der Waals surface area contributed by atoms with Crippen molar-refractivity contribution in [3.63, 3.8) is 0 Å². The van der Waals surface area contributed by atoms with E-state index >= 15 is 0 Å². The highest BCUT2D eigenvalue weighted by Gasteiger charge is 2.13. The van der Waals surface area contributed by atoms with Gasteiger partial charge in [-0.1, -0.05) is 53.5 Å². The predicted molar refractivity (Wildman–Crippen MR) is 96.8 cm³/mol. The Morgan fingerprint density at radius 3 is 2.58 bits per heavy atom. The van der Waals surface area contributed by atoms with Crippen molar-refractivity contribution in [2.24, 2.45) is 0 Å². The number of carbonyl (C=O) groups excluding carboxylic acids is 1. The smallest absolute Gasteiger partial charge is 0.263 e. The first-order chi connectivity index (χ1) is 11.5. The SMILES string of the molecule is CC(NC(=O)/C(C#N)=C\Nc1cc(Cl)ccc1Cl)c1ccccc1. The summed E-state index contributed by atoms with van der Waals surface area (Å²) in [6.45, 7) is 1.85. The van der Waals surface area contributed by atoms with Crippen LogP contribution in [0.15, 0.2) is 60.3 Å². The maximum atomic E-state index is 12.2. The van der Waals surface area contributed by atoms with Gasteiger partial charge in [-0.3, -0.25) is 4.79 Å². The molecule has 122 valence electrons. The summed E-state index contributed by atoms with van der Waals surface area (Å²) in [4.78, 5) is 12.2. The van der Waals surface area contributed by atoms with Gasteiger partial charge in [0.25, 0.3) is 5.91 Å².